The van der Waals surface area contributed by atoms with E-state index in [4.69, 9.17) is 18.0 Å². The van der Waals surface area contributed by atoms with Crippen LogP contribution in [-0.4, -0.2) is 23.5 Å². The van der Waals surface area contributed by atoms with Crippen molar-refractivity contribution in [3.05, 3.63) is 29.6 Å². The standard InChI is InChI=1S/C14H18FN3OS/c15-9-3-6-12(11(8-9)14(16)20)17-7-1-2-13(19)18-10-4-5-10/h3,6,8,10,17H,1-2,4-5,7H2,(H2,16,20)(H,18,19). The van der Waals surface area contributed by atoms with Gasteiger partial charge in [-0.05, 0) is 37.5 Å². The van der Waals surface area contributed by atoms with Crippen LogP contribution in [0.2, 0.25) is 0 Å². The number of anilines is 1. The third-order valence-corrected chi connectivity index (χ3v) is 3.31. The molecular formula is C14H18FN3OS. The van der Waals surface area contributed by atoms with Gasteiger partial charge >= 0.3 is 0 Å². The fraction of sp³-hybridized carbons (Fsp3) is 0.429. The molecule has 0 saturated heterocycles. The Morgan fingerprint density at radius 1 is 1.45 bits per heavy atom. The van der Waals surface area contributed by atoms with Crippen molar-refractivity contribution in [3.63, 3.8) is 0 Å². The quantitative estimate of drug-likeness (QED) is 0.531. The molecule has 0 aromatic heterocycles. The highest BCUT2D eigenvalue weighted by Crippen LogP contribution is 2.19. The average molecular weight is 295 g/mol. The first-order valence-corrected chi connectivity index (χ1v) is 7.09. The van der Waals surface area contributed by atoms with E-state index in [1.54, 1.807) is 6.07 Å². The lowest BCUT2D eigenvalue weighted by Gasteiger charge is -2.11. The largest absolute Gasteiger partial charge is 0.389 e. The minimum Gasteiger partial charge on any atom is -0.389 e. The van der Waals surface area contributed by atoms with E-state index in [1.807, 2.05) is 0 Å². The first kappa shape index (κ1) is 14.7. The fourth-order valence-electron chi connectivity index (χ4n) is 1.87. The molecule has 1 fully saturated rings. The smallest absolute Gasteiger partial charge is 0.220 e. The van der Waals surface area contributed by atoms with Crippen LogP contribution < -0.4 is 16.4 Å². The summed E-state index contributed by atoms with van der Waals surface area (Å²) >= 11 is 4.89. The maximum absolute atomic E-state index is 13.1. The molecule has 0 unspecified atom stereocenters. The molecule has 4 N–H and O–H groups in total. The summed E-state index contributed by atoms with van der Waals surface area (Å²) in [5, 5.41) is 6.06. The van der Waals surface area contributed by atoms with Crippen LogP contribution in [-0.2, 0) is 4.79 Å². The molecule has 0 spiro atoms. The summed E-state index contributed by atoms with van der Waals surface area (Å²) in [6, 6.07) is 4.66. The third-order valence-electron chi connectivity index (χ3n) is 3.09. The molecule has 0 bridgehead atoms. The third kappa shape index (κ3) is 4.45. The highest BCUT2D eigenvalue weighted by atomic mass is 32.1. The monoisotopic (exact) mass is 295 g/mol. The second-order valence-corrected chi connectivity index (χ2v) is 5.37. The van der Waals surface area contributed by atoms with Gasteiger partial charge in [-0.15, -0.1) is 0 Å². The lowest BCUT2D eigenvalue weighted by Crippen LogP contribution is -2.25. The number of thiocarbonyl (C=S) groups is 1. The van der Waals surface area contributed by atoms with E-state index in [-0.39, 0.29) is 16.7 Å². The maximum Gasteiger partial charge on any atom is 0.220 e. The molecule has 0 atom stereocenters. The highest BCUT2D eigenvalue weighted by Gasteiger charge is 2.22. The number of hydrogen-bond donors (Lipinski definition) is 3. The Morgan fingerprint density at radius 3 is 2.85 bits per heavy atom. The number of nitrogens with one attached hydrogen (secondary N) is 2. The van der Waals surface area contributed by atoms with Crippen LogP contribution in [0.4, 0.5) is 10.1 Å². The Bertz CT molecular complexity index is 517. The number of carbonyl (C=O) groups excluding carboxylic acids is 1. The van der Waals surface area contributed by atoms with Crippen LogP contribution in [0, 0.1) is 5.82 Å². The molecule has 1 aromatic carbocycles. The van der Waals surface area contributed by atoms with E-state index in [0.29, 0.717) is 36.7 Å². The minimum atomic E-state index is -0.373. The number of amides is 1. The Balaban J connectivity index is 1.78. The summed E-state index contributed by atoms with van der Waals surface area (Å²) in [7, 11) is 0. The van der Waals surface area contributed by atoms with Crippen molar-refractivity contribution in [3.8, 4) is 0 Å². The van der Waals surface area contributed by atoms with Crippen molar-refractivity contribution in [1.82, 2.24) is 5.32 Å². The van der Waals surface area contributed by atoms with Crippen molar-refractivity contribution >= 4 is 28.8 Å². The predicted octanol–water partition coefficient (Wildman–Crippen LogP) is 1.93. The molecule has 1 aliphatic carbocycles. The number of carbonyl (C=O) groups is 1. The molecule has 1 amide bonds. The predicted molar refractivity (Wildman–Crippen MR) is 81.2 cm³/mol. The van der Waals surface area contributed by atoms with Crippen LogP contribution in [0.5, 0.6) is 0 Å². The molecule has 20 heavy (non-hydrogen) atoms. The van der Waals surface area contributed by atoms with Gasteiger partial charge in [-0.1, -0.05) is 12.2 Å². The molecule has 0 radical (unpaired) electrons. The molecule has 2 rings (SSSR count). The summed E-state index contributed by atoms with van der Waals surface area (Å²) in [4.78, 5) is 11.6. The van der Waals surface area contributed by atoms with Crippen molar-refractivity contribution in [2.45, 2.75) is 31.7 Å². The van der Waals surface area contributed by atoms with Gasteiger partial charge in [0.25, 0.3) is 0 Å². The molecule has 0 aliphatic heterocycles. The van der Waals surface area contributed by atoms with Crippen LogP contribution in [0.3, 0.4) is 0 Å². The Labute approximate surface area is 122 Å². The Kier molecular flexibility index (Phi) is 4.89. The van der Waals surface area contributed by atoms with Gasteiger partial charge in [0.1, 0.15) is 10.8 Å². The van der Waals surface area contributed by atoms with Gasteiger partial charge in [0, 0.05) is 30.3 Å². The van der Waals surface area contributed by atoms with Crippen LogP contribution >= 0.6 is 12.2 Å². The number of rotatable bonds is 7. The summed E-state index contributed by atoms with van der Waals surface area (Å²) in [5.41, 5.74) is 6.74. The van der Waals surface area contributed by atoms with Gasteiger partial charge in [-0.25, -0.2) is 4.39 Å². The number of halogens is 1. The second kappa shape index (κ2) is 6.65. The molecule has 108 valence electrons. The summed E-state index contributed by atoms with van der Waals surface area (Å²) < 4.78 is 13.1. The first-order chi connectivity index (χ1) is 9.56. The molecule has 4 nitrogen and oxygen atoms in total. The molecule has 1 aliphatic rings. The van der Waals surface area contributed by atoms with Crippen molar-refractivity contribution in [2.24, 2.45) is 5.73 Å². The average Bonchev–Trinajstić information content (AvgIpc) is 3.19. The van der Waals surface area contributed by atoms with Crippen molar-refractivity contribution in [2.75, 3.05) is 11.9 Å². The normalized spacial score (nSPS) is 13.8. The molecule has 0 heterocycles. The SMILES string of the molecule is NC(=S)c1cc(F)ccc1NCCCC(=O)NC1CC1. The summed E-state index contributed by atoms with van der Waals surface area (Å²) in [5.74, 6) is -0.287. The van der Waals surface area contributed by atoms with E-state index < -0.39 is 0 Å². The van der Waals surface area contributed by atoms with Crippen LogP contribution in [0.1, 0.15) is 31.2 Å². The van der Waals surface area contributed by atoms with E-state index >= 15 is 0 Å². The van der Waals surface area contributed by atoms with Crippen LogP contribution in [0.25, 0.3) is 0 Å². The lowest BCUT2D eigenvalue weighted by atomic mass is 10.1. The van der Waals surface area contributed by atoms with Gasteiger partial charge in [-0.3, -0.25) is 4.79 Å². The number of nitrogens with two attached hydrogens (primary N) is 1. The zero-order chi connectivity index (χ0) is 14.5. The van der Waals surface area contributed by atoms with Gasteiger partial charge in [0.05, 0.1) is 0 Å². The summed E-state index contributed by atoms with van der Waals surface area (Å²) in [6.45, 7) is 0.610. The number of hydrogen-bond acceptors (Lipinski definition) is 3. The van der Waals surface area contributed by atoms with Crippen molar-refractivity contribution in [1.29, 1.82) is 0 Å². The van der Waals surface area contributed by atoms with E-state index in [9.17, 15) is 9.18 Å². The zero-order valence-corrected chi connectivity index (χ0v) is 11.9. The van der Waals surface area contributed by atoms with Gasteiger partial charge in [0.2, 0.25) is 5.91 Å². The van der Waals surface area contributed by atoms with Gasteiger partial charge < -0.3 is 16.4 Å². The molecule has 6 heteroatoms. The Hall–Kier alpha value is -1.69. The Morgan fingerprint density at radius 2 is 2.20 bits per heavy atom. The first-order valence-electron chi connectivity index (χ1n) is 6.69. The minimum absolute atomic E-state index is 0.0861. The fourth-order valence-corrected chi connectivity index (χ4v) is 2.04. The van der Waals surface area contributed by atoms with Crippen LogP contribution in [0.15, 0.2) is 18.2 Å². The summed E-state index contributed by atoms with van der Waals surface area (Å²) in [6.07, 6.45) is 3.37. The second-order valence-electron chi connectivity index (χ2n) is 4.93. The van der Waals surface area contributed by atoms with E-state index in [2.05, 4.69) is 10.6 Å². The topological polar surface area (TPSA) is 67.1 Å². The molecule has 1 saturated carbocycles. The highest BCUT2D eigenvalue weighted by molar-refractivity contribution is 7.80. The zero-order valence-electron chi connectivity index (χ0n) is 11.1. The van der Waals surface area contributed by atoms with Crippen molar-refractivity contribution < 1.29 is 9.18 Å². The molecular weight excluding hydrogens is 277 g/mol. The lowest BCUT2D eigenvalue weighted by molar-refractivity contribution is -0.121. The van der Waals surface area contributed by atoms with E-state index in [0.717, 1.165) is 12.8 Å². The van der Waals surface area contributed by atoms with E-state index in [1.165, 1.54) is 12.1 Å². The van der Waals surface area contributed by atoms with Gasteiger partial charge in [0.15, 0.2) is 0 Å². The molecule has 1 aromatic rings. The maximum atomic E-state index is 13.1. The van der Waals surface area contributed by atoms with Gasteiger partial charge in [-0.2, -0.15) is 0 Å². The number of benzene rings is 1.